The zero-order chi connectivity index (χ0) is 11.7. The predicted molar refractivity (Wildman–Crippen MR) is 61.4 cm³/mol. The second-order valence-corrected chi connectivity index (χ2v) is 4.07. The van der Waals surface area contributed by atoms with Crippen LogP contribution in [0.25, 0.3) is 0 Å². The number of hydrogen-bond donors (Lipinski definition) is 2. The minimum atomic E-state index is -0.490. The molecular weight excluding hydrogens is 204 g/mol. The standard InChI is InChI=1S/C12H14N2O2/c1-7(13)12(16)9-2-4-10-8(6-9)3-5-11(15)14-10/h2,4,6-7H,3,5,13H2,1H3,(H,14,15). The normalized spacial score (nSPS) is 16.2. The number of carbonyl (C=O) groups is 2. The topological polar surface area (TPSA) is 72.2 Å². The van der Waals surface area contributed by atoms with Crippen molar-refractivity contribution in [3.63, 3.8) is 0 Å². The largest absolute Gasteiger partial charge is 0.326 e. The molecule has 16 heavy (non-hydrogen) atoms. The Bertz CT molecular complexity index is 452. The molecule has 1 aromatic carbocycles. The van der Waals surface area contributed by atoms with E-state index in [1.165, 1.54) is 0 Å². The van der Waals surface area contributed by atoms with Crippen LogP contribution < -0.4 is 11.1 Å². The number of Topliss-reactive ketones (excluding diaryl/α,β-unsaturated/α-hetero) is 1. The highest BCUT2D eigenvalue weighted by Gasteiger charge is 2.17. The molecule has 0 saturated carbocycles. The molecule has 0 aliphatic carbocycles. The summed E-state index contributed by atoms with van der Waals surface area (Å²) in [6.45, 7) is 1.67. The average molecular weight is 218 g/mol. The predicted octanol–water partition coefficient (Wildman–Crippen LogP) is 1.10. The Morgan fingerprint density at radius 3 is 2.88 bits per heavy atom. The van der Waals surface area contributed by atoms with Gasteiger partial charge in [-0.25, -0.2) is 0 Å². The van der Waals surface area contributed by atoms with Crippen molar-refractivity contribution < 1.29 is 9.59 Å². The van der Waals surface area contributed by atoms with Gasteiger partial charge in [-0.15, -0.1) is 0 Å². The van der Waals surface area contributed by atoms with Crippen LogP contribution in [0.3, 0.4) is 0 Å². The molecule has 1 aliphatic heterocycles. The maximum absolute atomic E-state index is 11.7. The quantitative estimate of drug-likeness (QED) is 0.730. The summed E-state index contributed by atoms with van der Waals surface area (Å²) in [5.41, 5.74) is 7.97. The number of benzene rings is 1. The number of fused-ring (bicyclic) bond motifs is 1. The maximum atomic E-state index is 11.7. The Morgan fingerprint density at radius 1 is 1.44 bits per heavy atom. The first-order valence-corrected chi connectivity index (χ1v) is 5.30. The summed E-state index contributed by atoms with van der Waals surface area (Å²) >= 11 is 0. The van der Waals surface area contributed by atoms with E-state index in [0.29, 0.717) is 18.4 Å². The van der Waals surface area contributed by atoms with E-state index >= 15 is 0 Å². The van der Waals surface area contributed by atoms with E-state index in [-0.39, 0.29) is 11.7 Å². The molecule has 1 aromatic rings. The zero-order valence-electron chi connectivity index (χ0n) is 9.12. The minimum Gasteiger partial charge on any atom is -0.326 e. The van der Waals surface area contributed by atoms with E-state index < -0.39 is 6.04 Å². The second-order valence-electron chi connectivity index (χ2n) is 4.07. The van der Waals surface area contributed by atoms with Crippen molar-refractivity contribution in [2.24, 2.45) is 5.73 Å². The number of aryl methyl sites for hydroxylation is 1. The van der Waals surface area contributed by atoms with Crippen LogP contribution in [-0.2, 0) is 11.2 Å². The van der Waals surface area contributed by atoms with Crippen LogP contribution in [0.2, 0.25) is 0 Å². The van der Waals surface area contributed by atoms with Gasteiger partial charge in [-0.1, -0.05) is 0 Å². The first-order valence-electron chi connectivity index (χ1n) is 5.30. The van der Waals surface area contributed by atoms with Crippen LogP contribution in [0.15, 0.2) is 18.2 Å². The monoisotopic (exact) mass is 218 g/mol. The number of hydrogen-bond acceptors (Lipinski definition) is 3. The van der Waals surface area contributed by atoms with Gasteiger partial charge in [0.2, 0.25) is 5.91 Å². The van der Waals surface area contributed by atoms with E-state index in [2.05, 4.69) is 5.32 Å². The number of carbonyl (C=O) groups excluding carboxylic acids is 2. The van der Waals surface area contributed by atoms with Gasteiger partial charge in [0.1, 0.15) is 0 Å². The molecule has 1 unspecified atom stereocenters. The number of rotatable bonds is 2. The fourth-order valence-corrected chi connectivity index (χ4v) is 1.80. The van der Waals surface area contributed by atoms with Crippen LogP contribution in [-0.4, -0.2) is 17.7 Å². The summed E-state index contributed by atoms with van der Waals surface area (Å²) in [5.74, 6) is -0.0431. The lowest BCUT2D eigenvalue weighted by Crippen LogP contribution is -2.27. The lowest BCUT2D eigenvalue weighted by molar-refractivity contribution is -0.116. The fourth-order valence-electron chi connectivity index (χ4n) is 1.80. The summed E-state index contributed by atoms with van der Waals surface area (Å²) in [5, 5.41) is 2.77. The van der Waals surface area contributed by atoms with Gasteiger partial charge in [-0.3, -0.25) is 9.59 Å². The van der Waals surface area contributed by atoms with Gasteiger partial charge in [0.15, 0.2) is 5.78 Å². The summed E-state index contributed by atoms with van der Waals surface area (Å²) in [6, 6.07) is 4.80. The molecule has 0 spiro atoms. The van der Waals surface area contributed by atoms with Crippen molar-refractivity contribution in [1.29, 1.82) is 0 Å². The molecular formula is C12H14N2O2. The van der Waals surface area contributed by atoms with Crippen molar-refractivity contribution in [2.75, 3.05) is 5.32 Å². The molecule has 0 aromatic heterocycles. The van der Waals surface area contributed by atoms with Crippen LogP contribution >= 0.6 is 0 Å². The Labute approximate surface area is 93.8 Å². The van der Waals surface area contributed by atoms with E-state index in [1.807, 2.05) is 6.07 Å². The van der Waals surface area contributed by atoms with Crippen molar-refractivity contribution >= 4 is 17.4 Å². The highest BCUT2D eigenvalue weighted by molar-refractivity contribution is 6.01. The van der Waals surface area contributed by atoms with Gasteiger partial charge in [0, 0.05) is 17.7 Å². The molecule has 0 saturated heterocycles. The van der Waals surface area contributed by atoms with Crippen LogP contribution in [0.4, 0.5) is 5.69 Å². The Kier molecular flexibility index (Phi) is 2.75. The molecule has 0 radical (unpaired) electrons. The third-order valence-electron chi connectivity index (χ3n) is 2.70. The minimum absolute atomic E-state index is 0.0266. The number of amides is 1. The number of anilines is 1. The lowest BCUT2D eigenvalue weighted by atomic mass is 9.97. The fraction of sp³-hybridized carbons (Fsp3) is 0.333. The van der Waals surface area contributed by atoms with Gasteiger partial charge in [0.05, 0.1) is 6.04 Å². The summed E-state index contributed by atoms with van der Waals surface area (Å²) in [6.07, 6.45) is 1.16. The van der Waals surface area contributed by atoms with Gasteiger partial charge in [-0.05, 0) is 37.1 Å². The molecule has 0 fully saturated rings. The van der Waals surface area contributed by atoms with E-state index in [9.17, 15) is 9.59 Å². The Balaban J connectivity index is 2.33. The van der Waals surface area contributed by atoms with Crippen molar-refractivity contribution in [1.82, 2.24) is 0 Å². The lowest BCUT2D eigenvalue weighted by Gasteiger charge is -2.17. The molecule has 1 amide bonds. The highest BCUT2D eigenvalue weighted by atomic mass is 16.1. The van der Waals surface area contributed by atoms with Crippen molar-refractivity contribution in [2.45, 2.75) is 25.8 Å². The molecule has 1 aliphatic rings. The third kappa shape index (κ3) is 1.97. The summed E-state index contributed by atoms with van der Waals surface area (Å²) in [4.78, 5) is 22.8. The summed E-state index contributed by atoms with van der Waals surface area (Å²) < 4.78 is 0. The zero-order valence-corrected chi connectivity index (χ0v) is 9.12. The molecule has 4 nitrogen and oxygen atoms in total. The van der Waals surface area contributed by atoms with Gasteiger partial charge < -0.3 is 11.1 Å². The number of nitrogens with two attached hydrogens (primary N) is 1. The molecule has 0 bridgehead atoms. The second kappa shape index (κ2) is 4.06. The van der Waals surface area contributed by atoms with E-state index in [4.69, 9.17) is 5.73 Å². The Hall–Kier alpha value is -1.68. The smallest absolute Gasteiger partial charge is 0.224 e. The van der Waals surface area contributed by atoms with E-state index in [1.54, 1.807) is 19.1 Å². The van der Waals surface area contributed by atoms with Crippen LogP contribution in [0.1, 0.15) is 29.3 Å². The van der Waals surface area contributed by atoms with Crippen LogP contribution in [0, 0.1) is 0 Å². The molecule has 84 valence electrons. The maximum Gasteiger partial charge on any atom is 0.224 e. The van der Waals surface area contributed by atoms with Gasteiger partial charge in [0.25, 0.3) is 0 Å². The number of nitrogens with one attached hydrogen (secondary N) is 1. The van der Waals surface area contributed by atoms with Gasteiger partial charge in [-0.2, -0.15) is 0 Å². The molecule has 3 N–H and O–H groups in total. The molecule has 1 atom stereocenters. The Morgan fingerprint density at radius 2 is 2.19 bits per heavy atom. The SMILES string of the molecule is CC(N)C(=O)c1ccc2c(c1)CCC(=O)N2. The van der Waals surface area contributed by atoms with Crippen molar-refractivity contribution in [3.05, 3.63) is 29.3 Å². The first kappa shape index (κ1) is 10.8. The highest BCUT2D eigenvalue weighted by Crippen LogP contribution is 2.23. The van der Waals surface area contributed by atoms with Crippen molar-refractivity contribution in [3.8, 4) is 0 Å². The van der Waals surface area contributed by atoms with E-state index in [0.717, 1.165) is 11.3 Å². The third-order valence-corrected chi connectivity index (χ3v) is 2.70. The van der Waals surface area contributed by atoms with Gasteiger partial charge >= 0.3 is 0 Å². The molecule has 2 rings (SSSR count). The molecule has 1 heterocycles. The summed E-state index contributed by atoms with van der Waals surface area (Å²) in [7, 11) is 0. The number of ketones is 1. The first-order chi connectivity index (χ1) is 7.58. The van der Waals surface area contributed by atoms with Crippen LogP contribution in [0.5, 0.6) is 0 Å². The average Bonchev–Trinajstić information content (AvgIpc) is 2.27. The molecule has 4 heteroatoms.